The summed E-state index contributed by atoms with van der Waals surface area (Å²) in [5.41, 5.74) is 2.08. The molecular weight excluding hydrogens is 288 g/mol. The van der Waals surface area contributed by atoms with Crippen LogP contribution in [0.25, 0.3) is 10.9 Å². The number of fused-ring (bicyclic) bond motifs is 1. The number of aromatic nitrogens is 1. The topological polar surface area (TPSA) is 42.3 Å². The van der Waals surface area contributed by atoms with Gasteiger partial charge in [0, 0.05) is 32.1 Å². The Morgan fingerprint density at radius 2 is 1.70 bits per heavy atom. The van der Waals surface area contributed by atoms with Crippen molar-refractivity contribution in [1.29, 1.82) is 0 Å². The molecule has 0 N–H and O–H groups in total. The molecule has 0 saturated heterocycles. The molecule has 0 aliphatic heterocycles. The first-order valence-electron chi connectivity index (χ1n) is 7.46. The quantitative estimate of drug-likeness (QED) is 0.747. The van der Waals surface area contributed by atoms with Crippen molar-refractivity contribution in [3.8, 4) is 0 Å². The number of hydrogen-bond donors (Lipinski definition) is 0. The Balaban J connectivity index is 2.01. The predicted molar refractivity (Wildman–Crippen MR) is 91.4 cm³/mol. The van der Waals surface area contributed by atoms with E-state index < -0.39 is 0 Å². The highest BCUT2D eigenvalue weighted by Crippen LogP contribution is 2.18. The number of benzene rings is 2. The second-order valence-electron chi connectivity index (χ2n) is 5.62. The minimum Gasteiger partial charge on any atom is -0.337 e. The van der Waals surface area contributed by atoms with E-state index in [1.807, 2.05) is 54.6 Å². The van der Waals surface area contributed by atoms with Crippen LogP contribution < -0.4 is 5.56 Å². The molecule has 4 nitrogen and oxygen atoms in total. The summed E-state index contributed by atoms with van der Waals surface area (Å²) in [4.78, 5) is 26.6. The lowest BCUT2D eigenvalue weighted by molar-refractivity contribution is 0.0787. The fraction of sp³-hybridized carbons (Fsp3) is 0.158. The van der Waals surface area contributed by atoms with Crippen LogP contribution in [-0.2, 0) is 13.6 Å². The van der Waals surface area contributed by atoms with Gasteiger partial charge in [-0.15, -0.1) is 0 Å². The van der Waals surface area contributed by atoms with Crippen molar-refractivity contribution in [3.63, 3.8) is 0 Å². The summed E-state index contributed by atoms with van der Waals surface area (Å²) in [6.45, 7) is 0.503. The lowest BCUT2D eigenvalue weighted by atomic mass is 10.1. The smallest absolute Gasteiger partial charge is 0.254 e. The van der Waals surface area contributed by atoms with E-state index in [1.54, 1.807) is 23.6 Å². The number of amides is 1. The molecule has 0 saturated carbocycles. The lowest BCUT2D eigenvalue weighted by Gasteiger charge is -2.19. The zero-order valence-electron chi connectivity index (χ0n) is 13.2. The number of para-hydroxylation sites is 1. The van der Waals surface area contributed by atoms with Crippen LogP contribution >= 0.6 is 0 Å². The van der Waals surface area contributed by atoms with Gasteiger partial charge in [-0.05, 0) is 11.6 Å². The van der Waals surface area contributed by atoms with Crippen LogP contribution in [-0.4, -0.2) is 22.4 Å². The Labute approximate surface area is 134 Å². The van der Waals surface area contributed by atoms with Crippen LogP contribution in [0.1, 0.15) is 15.9 Å². The fourth-order valence-electron chi connectivity index (χ4n) is 2.72. The minimum absolute atomic E-state index is 0.150. The van der Waals surface area contributed by atoms with Crippen molar-refractivity contribution >= 4 is 16.8 Å². The Morgan fingerprint density at radius 3 is 2.43 bits per heavy atom. The van der Waals surface area contributed by atoms with Crippen LogP contribution in [0.15, 0.2) is 65.5 Å². The molecule has 0 aliphatic rings. The van der Waals surface area contributed by atoms with E-state index >= 15 is 0 Å². The summed E-state index contributed by atoms with van der Waals surface area (Å²) in [5, 5.41) is 0.791. The maximum atomic E-state index is 12.8. The molecule has 1 amide bonds. The number of aryl methyl sites for hydroxylation is 1. The van der Waals surface area contributed by atoms with Crippen molar-refractivity contribution in [2.75, 3.05) is 7.05 Å². The van der Waals surface area contributed by atoms with E-state index in [0.717, 1.165) is 16.5 Å². The van der Waals surface area contributed by atoms with E-state index in [2.05, 4.69) is 0 Å². The average Bonchev–Trinajstić information content (AvgIpc) is 2.58. The van der Waals surface area contributed by atoms with Gasteiger partial charge in [0.25, 0.3) is 11.5 Å². The standard InChI is InChI=1S/C19H18N2O2/c1-20(13-14-8-4-3-5-9-14)19(23)16-12-18(22)21(2)17-11-7-6-10-15(16)17/h3-12H,13H2,1-2H3. The molecule has 0 unspecified atom stereocenters. The predicted octanol–water partition coefficient (Wildman–Crippen LogP) is 2.81. The summed E-state index contributed by atoms with van der Waals surface area (Å²) < 4.78 is 1.56. The summed E-state index contributed by atoms with van der Waals surface area (Å²) in [5.74, 6) is -0.150. The van der Waals surface area contributed by atoms with Gasteiger partial charge in [0.2, 0.25) is 0 Å². The van der Waals surface area contributed by atoms with E-state index in [-0.39, 0.29) is 11.5 Å². The molecule has 0 bridgehead atoms. The fourth-order valence-corrected chi connectivity index (χ4v) is 2.72. The van der Waals surface area contributed by atoms with E-state index in [9.17, 15) is 9.59 Å². The maximum absolute atomic E-state index is 12.8. The maximum Gasteiger partial charge on any atom is 0.254 e. The molecule has 2 aromatic carbocycles. The third kappa shape index (κ3) is 2.88. The van der Waals surface area contributed by atoms with E-state index in [1.165, 1.54) is 6.07 Å². The van der Waals surface area contributed by atoms with Gasteiger partial charge in [0.05, 0.1) is 11.1 Å². The number of pyridine rings is 1. The Kier molecular flexibility index (Phi) is 3.98. The van der Waals surface area contributed by atoms with Crippen LogP contribution in [0, 0.1) is 0 Å². The van der Waals surface area contributed by atoms with Gasteiger partial charge in [-0.25, -0.2) is 0 Å². The molecule has 0 radical (unpaired) electrons. The lowest BCUT2D eigenvalue weighted by Crippen LogP contribution is -2.28. The van der Waals surface area contributed by atoms with Gasteiger partial charge in [-0.1, -0.05) is 48.5 Å². The molecular formula is C19H18N2O2. The molecule has 23 heavy (non-hydrogen) atoms. The zero-order valence-corrected chi connectivity index (χ0v) is 13.2. The number of carbonyl (C=O) groups is 1. The molecule has 0 spiro atoms. The van der Waals surface area contributed by atoms with Gasteiger partial charge >= 0.3 is 0 Å². The largest absolute Gasteiger partial charge is 0.337 e. The van der Waals surface area contributed by atoms with Crippen molar-refractivity contribution in [1.82, 2.24) is 9.47 Å². The summed E-state index contributed by atoms with van der Waals surface area (Å²) in [7, 11) is 3.47. The highest BCUT2D eigenvalue weighted by molar-refractivity contribution is 6.05. The third-order valence-corrected chi connectivity index (χ3v) is 3.99. The van der Waals surface area contributed by atoms with Crippen LogP contribution in [0.3, 0.4) is 0 Å². The normalized spacial score (nSPS) is 10.7. The van der Waals surface area contributed by atoms with Gasteiger partial charge < -0.3 is 9.47 Å². The van der Waals surface area contributed by atoms with Crippen molar-refractivity contribution in [2.45, 2.75) is 6.54 Å². The molecule has 3 rings (SSSR count). The van der Waals surface area contributed by atoms with Crippen molar-refractivity contribution in [3.05, 3.63) is 82.1 Å². The van der Waals surface area contributed by atoms with Crippen LogP contribution in [0.5, 0.6) is 0 Å². The minimum atomic E-state index is -0.180. The van der Waals surface area contributed by atoms with E-state index in [4.69, 9.17) is 0 Å². The summed E-state index contributed by atoms with van der Waals surface area (Å²) in [6.07, 6.45) is 0. The van der Waals surface area contributed by atoms with Crippen molar-refractivity contribution in [2.24, 2.45) is 7.05 Å². The molecule has 0 aliphatic carbocycles. The molecule has 0 fully saturated rings. The zero-order chi connectivity index (χ0) is 16.4. The third-order valence-electron chi connectivity index (χ3n) is 3.99. The van der Waals surface area contributed by atoms with Gasteiger partial charge in [0.1, 0.15) is 0 Å². The Hall–Kier alpha value is -2.88. The molecule has 116 valence electrons. The SMILES string of the molecule is CN(Cc1ccccc1)C(=O)c1cc(=O)n(C)c2ccccc12. The number of rotatable bonds is 3. The average molecular weight is 306 g/mol. The van der Waals surface area contributed by atoms with Gasteiger partial charge in [-0.3, -0.25) is 9.59 Å². The monoisotopic (exact) mass is 306 g/mol. The van der Waals surface area contributed by atoms with Crippen molar-refractivity contribution < 1.29 is 4.79 Å². The Bertz CT molecular complexity index is 914. The van der Waals surface area contributed by atoms with Gasteiger partial charge in [0.15, 0.2) is 0 Å². The molecule has 0 atom stereocenters. The highest BCUT2D eigenvalue weighted by atomic mass is 16.2. The first-order chi connectivity index (χ1) is 11.1. The molecule has 4 heteroatoms. The molecule has 1 heterocycles. The number of nitrogens with zero attached hydrogens (tertiary/aromatic N) is 2. The van der Waals surface area contributed by atoms with Crippen LogP contribution in [0.4, 0.5) is 0 Å². The summed E-state index contributed by atoms with van der Waals surface area (Å²) >= 11 is 0. The highest BCUT2D eigenvalue weighted by Gasteiger charge is 2.17. The van der Waals surface area contributed by atoms with E-state index in [0.29, 0.717) is 12.1 Å². The second kappa shape index (κ2) is 6.08. The first kappa shape index (κ1) is 15.0. The second-order valence-corrected chi connectivity index (χ2v) is 5.62. The number of hydrogen-bond acceptors (Lipinski definition) is 2. The molecule has 3 aromatic rings. The first-order valence-corrected chi connectivity index (χ1v) is 7.46. The summed E-state index contributed by atoms with van der Waals surface area (Å²) in [6, 6.07) is 18.7. The number of carbonyl (C=O) groups excluding carboxylic acids is 1. The Morgan fingerprint density at radius 1 is 1.04 bits per heavy atom. The van der Waals surface area contributed by atoms with Gasteiger partial charge in [-0.2, -0.15) is 0 Å². The van der Waals surface area contributed by atoms with Crippen LogP contribution in [0.2, 0.25) is 0 Å². The molecule has 1 aromatic heterocycles.